The fraction of sp³-hybridized carbons (Fsp3) is 0.111. The summed E-state index contributed by atoms with van der Waals surface area (Å²) in [5.74, 6) is 1.24. The van der Waals surface area contributed by atoms with Crippen molar-refractivity contribution in [2.75, 3.05) is 6.79 Å². The molecule has 0 aliphatic carbocycles. The minimum absolute atomic E-state index is 0.201. The van der Waals surface area contributed by atoms with Crippen molar-refractivity contribution in [2.24, 2.45) is 0 Å². The lowest BCUT2D eigenvalue weighted by atomic mass is 10.2. The zero-order valence-corrected chi connectivity index (χ0v) is 12.3. The third-order valence-electron chi connectivity index (χ3n) is 3.72. The van der Waals surface area contributed by atoms with Gasteiger partial charge in [0.25, 0.3) is 5.91 Å². The van der Waals surface area contributed by atoms with Gasteiger partial charge in [-0.25, -0.2) is 4.98 Å². The first kappa shape index (κ1) is 13.6. The molecule has 1 aromatic heterocycles. The van der Waals surface area contributed by atoms with Crippen molar-refractivity contribution in [1.82, 2.24) is 10.3 Å². The molecule has 1 aliphatic rings. The SMILES string of the molecule is O=C(NCc1ccc2c(c1)OCO2)c1ccc2ccccc2n1. The summed E-state index contributed by atoms with van der Waals surface area (Å²) in [5.41, 5.74) is 2.16. The Labute approximate surface area is 132 Å². The number of pyridine rings is 1. The van der Waals surface area contributed by atoms with Crippen LogP contribution in [0.4, 0.5) is 0 Å². The van der Waals surface area contributed by atoms with Gasteiger partial charge in [0.1, 0.15) is 5.69 Å². The number of hydrogen-bond acceptors (Lipinski definition) is 4. The highest BCUT2D eigenvalue weighted by atomic mass is 16.7. The van der Waals surface area contributed by atoms with Crippen LogP contribution in [0.25, 0.3) is 10.9 Å². The molecule has 0 saturated carbocycles. The summed E-state index contributed by atoms with van der Waals surface area (Å²) in [6.07, 6.45) is 0. The number of fused-ring (bicyclic) bond motifs is 2. The first-order valence-corrected chi connectivity index (χ1v) is 7.32. The molecule has 0 atom stereocenters. The van der Waals surface area contributed by atoms with Crippen LogP contribution in [0.3, 0.4) is 0 Å². The van der Waals surface area contributed by atoms with Gasteiger partial charge in [0, 0.05) is 11.9 Å². The number of para-hydroxylation sites is 1. The van der Waals surface area contributed by atoms with Crippen molar-refractivity contribution < 1.29 is 14.3 Å². The zero-order chi connectivity index (χ0) is 15.6. The van der Waals surface area contributed by atoms with Crippen LogP contribution in [0, 0.1) is 0 Å². The van der Waals surface area contributed by atoms with E-state index in [0.717, 1.165) is 22.2 Å². The molecule has 5 heteroatoms. The first-order valence-electron chi connectivity index (χ1n) is 7.32. The van der Waals surface area contributed by atoms with E-state index in [9.17, 15) is 4.79 Å². The number of nitrogens with one attached hydrogen (secondary N) is 1. The summed E-state index contributed by atoms with van der Waals surface area (Å²) in [5, 5.41) is 3.89. The third kappa shape index (κ3) is 2.68. The predicted octanol–water partition coefficient (Wildman–Crippen LogP) is 2.89. The predicted molar refractivity (Wildman–Crippen MR) is 85.5 cm³/mol. The van der Waals surface area contributed by atoms with Gasteiger partial charge < -0.3 is 14.8 Å². The van der Waals surface area contributed by atoms with Crippen LogP contribution in [-0.2, 0) is 6.54 Å². The molecular formula is C18H14N2O3. The molecule has 0 spiro atoms. The lowest BCUT2D eigenvalue weighted by molar-refractivity contribution is 0.0946. The summed E-state index contributed by atoms with van der Waals surface area (Å²) < 4.78 is 10.6. The minimum Gasteiger partial charge on any atom is -0.454 e. The summed E-state index contributed by atoms with van der Waals surface area (Å²) in [4.78, 5) is 16.7. The van der Waals surface area contributed by atoms with Crippen molar-refractivity contribution in [3.8, 4) is 11.5 Å². The molecule has 5 nitrogen and oxygen atoms in total. The number of hydrogen-bond donors (Lipinski definition) is 1. The lowest BCUT2D eigenvalue weighted by Crippen LogP contribution is -2.23. The minimum atomic E-state index is -0.201. The normalized spacial score (nSPS) is 12.3. The Balaban J connectivity index is 1.48. The van der Waals surface area contributed by atoms with Crippen LogP contribution in [0.1, 0.15) is 16.1 Å². The van der Waals surface area contributed by atoms with Gasteiger partial charge in [-0.3, -0.25) is 4.79 Å². The monoisotopic (exact) mass is 306 g/mol. The molecule has 0 bridgehead atoms. The molecule has 0 fully saturated rings. The van der Waals surface area contributed by atoms with E-state index in [1.54, 1.807) is 6.07 Å². The zero-order valence-electron chi connectivity index (χ0n) is 12.3. The molecule has 0 radical (unpaired) electrons. The number of aromatic nitrogens is 1. The molecule has 1 N–H and O–H groups in total. The molecule has 1 amide bonds. The number of carbonyl (C=O) groups is 1. The lowest BCUT2D eigenvalue weighted by Gasteiger charge is -2.06. The molecular weight excluding hydrogens is 292 g/mol. The second-order valence-corrected chi connectivity index (χ2v) is 5.26. The van der Waals surface area contributed by atoms with E-state index in [1.807, 2.05) is 48.5 Å². The quantitative estimate of drug-likeness (QED) is 0.808. The number of amides is 1. The Kier molecular flexibility index (Phi) is 3.31. The van der Waals surface area contributed by atoms with Gasteiger partial charge in [0.15, 0.2) is 11.5 Å². The number of rotatable bonds is 3. The van der Waals surface area contributed by atoms with Crippen molar-refractivity contribution in [2.45, 2.75) is 6.54 Å². The number of benzene rings is 2. The van der Waals surface area contributed by atoms with E-state index in [-0.39, 0.29) is 12.7 Å². The standard InChI is InChI=1S/C18H14N2O3/c21-18(15-7-6-13-3-1-2-4-14(13)20-15)19-10-12-5-8-16-17(9-12)23-11-22-16/h1-9H,10-11H2,(H,19,21). The maximum absolute atomic E-state index is 12.3. The third-order valence-corrected chi connectivity index (χ3v) is 3.72. The van der Waals surface area contributed by atoms with E-state index < -0.39 is 0 Å². The maximum Gasteiger partial charge on any atom is 0.270 e. The van der Waals surface area contributed by atoms with E-state index in [2.05, 4.69) is 10.3 Å². The topological polar surface area (TPSA) is 60.5 Å². The highest BCUT2D eigenvalue weighted by Gasteiger charge is 2.14. The van der Waals surface area contributed by atoms with Crippen LogP contribution < -0.4 is 14.8 Å². The number of nitrogens with zero attached hydrogens (tertiary/aromatic N) is 1. The highest BCUT2D eigenvalue weighted by molar-refractivity contribution is 5.94. The average Bonchev–Trinajstić information content (AvgIpc) is 3.07. The Hall–Kier alpha value is -3.08. The van der Waals surface area contributed by atoms with Gasteiger partial charge in [0.05, 0.1) is 5.52 Å². The average molecular weight is 306 g/mol. The smallest absolute Gasteiger partial charge is 0.270 e. The highest BCUT2D eigenvalue weighted by Crippen LogP contribution is 2.32. The van der Waals surface area contributed by atoms with Crippen LogP contribution >= 0.6 is 0 Å². The summed E-state index contributed by atoms with van der Waals surface area (Å²) in [6.45, 7) is 0.649. The van der Waals surface area contributed by atoms with E-state index in [1.165, 1.54) is 0 Å². The van der Waals surface area contributed by atoms with E-state index >= 15 is 0 Å². The van der Waals surface area contributed by atoms with Gasteiger partial charge in [-0.2, -0.15) is 0 Å². The van der Waals surface area contributed by atoms with Crippen LogP contribution in [0.5, 0.6) is 11.5 Å². The maximum atomic E-state index is 12.3. The Morgan fingerprint density at radius 1 is 1.04 bits per heavy atom. The van der Waals surface area contributed by atoms with Gasteiger partial charge in [0.2, 0.25) is 6.79 Å². The number of carbonyl (C=O) groups excluding carboxylic acids is 1. The van der Waals surface area contributed by atoms with Gasteiger partial charge in [-0.15, -0.1) is 0 Å². The summed E-state index contributed by atoms with van der Waals surface area (Å²) >= 11 is 0. The second kappa shape index (κ2) is 5.61. The molecule has 0 saturated heterocycles. The first-order chi connectivity index (χ1) is 11.3. The molecule has 23 heavy (non-hydrogen) atoms. The van der Waals surface area contributed by atoms with Crippen molar-refractivity contribution in [3.63, 3.8) is 0 Å². The van der Waals surface area contributed by atoms with E-state index in [4.69, 9.17) is 9.47 Å². The summed E-state index contributed by atoms with van der Waals surface area (Å²) in [7, 11) is 0. The van der Waals surface area contributed by atoms with E-state index in [0.29, 0.717) is 18.0 Å². The molecule has 0 unspecified atom stereocenters. The Bertz CT molecular complexity index is 892. The largest absolute Gasteiger partial charge is 0.454 e. The van der Waals surface area contributed by atoms with Gasteiger partial charge >= 0.3 is 0 Å². The molecule has 3 aromatic rings. The summed E-state index contributed by atoms with van der Waals surface area (Å²) in [6, 6.07) is 17.0. The van der Waals surface area contributed by atoms with Gasteiger partial charge in [-0.1, -0.05) is 30.3 Å². The second-order valence-electron chi connectivity index (χ2n) is 5.26. The molecule has 2 aromatic carbocycles. The molecule has 114 valence electrons. The molecule has 2 heterocycles. The van der Waals surface area contributed by atoms with Gasteiger partial charge in [-0.05, 0) is 29.8 Å². The Morgan fingerprint density at radius 3 is 2.87 bits per heavy atom. The van der Waals surface area contributed by atoms with Crippen molar-refractivity contribution in [3.05, 3.63) is 65.9 Å². The Morgan fingerprint density at radius 2 is 1.91 bits per heavy atom. The fourth-order valence-corrected chi connectivity index (χ4v) is 2.52. The van der Waals surface area contributed by atoms with Crippen LogP contribution in [0.2, 0.25) is 0 Å². The molecule has 1 aliphatic heterocycles. The van der Waals surface area contributed by atoms with Crippen molar-refractivity contribution >= 4 is 16.8 Å². The number of ether oxygens (including phenoxy) is 2. The fourth-order valence-electron chi connectivity index (χ4n) is 2.52. The van der Waals surface area contributed by atoms with Crippen molar-refractivity contribution in [1.29, 1.82) is 0 Å². The van der Waals surface area contributed by atoms with Crippen LogP contribution in [0.15, 0.2) is 54.6 Å². The van der Waals surface area contributed by atoms with Crippen LogP contribution in [-0.4, -0.2) is 17.7 Å². The molecule has 4 rings (SSSR count).